The van der Waals surface area contributed by atoms with Crippen LogP contribution in [0.2, 0.25) is 5.28 Å². The highest BCUT2D eigenvalue weighted by Crippen LogP contribution is 2.34. The summed E-state index contributed by atoms with van der Waals surface area (Å²) in [7, 11) is 0. The van der Waals surface area contributed by atoms with Crippen LogP contribution in [0.3, 0.4) is 0 Å². The van der Waals surface area contributed by atoms with Crippen LogP contribution >= 0.6 is 11.6 Å². The number of hydrogen-bond donors (Lipinski definition) is 0. The van der Waals surface area contributed by atoms with Gasteiger partial charge in [0.1, 0.15) is 0 Å². The fourth-order valence-corrected chi connectivity index (χ4v) is 5.20. The first-order chi connectivity index (χ1) is 18.7. The van der Waals surface area contributed by atoms with Crippen molar-refractivity contribution in [2.24, 2.45) is 0 Å². The van der Waals surface area contributed by atoms with Crippen LogP contribution in [0, 0.1) is 0 Å². The third kappa shape index (κ3) is 3.92. The van der Waals surface area contributed by atoms with Gasteiger partial charge in [-0.2, -0.15) is 9.97 Å². The zero-order valence-corrected chi connectivity index (χ0v) is 21.0. The van der Waals surface area contributed by atoms with E-state index in [1.165, 1.54) is 10.8 Å². The molecule has 2 aromatic heterocycles. The Labute approximate surface area is 224 Å². The largest absolute Gasteiger partial charge is 0.309 e. The van der Waals surface area contributed by atoms with Crippen LogP contribution in [0.4, 0.5) is 0 Å². The van der Waals surface area contributed by atoms with Crippen molar-refractivity contribution in [2.75, 3.05) is 0 Å². The molecule has 0 aliphatic heterocycles. The molecule has 38 heavy (non-hydrogen) atoms. The summed E-state index contributed by atoms with van der Waals surface area (Å²) in [6.45, 7) is 0. The lowest BCUT2D eigenvalue weighted by molar-refractivity contribution is 1.07. The molecule has 7 aromatic rings. The third-order valence-electron chi connectivity index (χ3n) is 6.78. The minimum Gasteiger partial charge on any atom is -0.309 e. The van der Waals surface area contributed by atoms with E-state index in [0.29, 0.717) is 11.6 Å². The maximum Gasteiger partial charge on any atom is 0.226 e. The van der Waals surface area contributed by atoms with E-state index in [2.05, 4.69) is 106 Å². The summed E-state index contributed by atoms with van der Waals surface area (Å²) in [5.74, 6) is 1.08. The Morgan fingerprint density at radius 2 is 1.05 bits per heavy atom. The van der Waals surface area contributed by atoms with E-state index < -0.39 is 0 Å². The lowest BCUT2D eigenvalue weighted by Gasteiger charge is -2.09. The lowest BCUT2D eigenvalue weighted by atomic mass is 10.0. The quantitative estimate of drug-likeness (QED) is 0.239. The van der Waals surface area contributed by atoms with E-state index >= 15 is 0 Å². The van der Waals surface area contributed by atoms with Crippen LogP contribution in [-0.2, 0) is 0 Å². The number of rotatable bonds is 4. The molecule has 0 atom stereocenters. The number of halogens is 1. The predicted octanol–water partition coefficient (Wildman–Crippen LogP) is 8.62. The minimum atomic E-state index is 0.166. The normalized spacial score (nSPS) is 11.3. The van der Waals surface area contributed by atoms with Crippen LogP contribution in [-0.4, -0.2) is 19.5 Å². The summed E-state index contributed by atoms with van der Waals surface area (Å²) in [5, 5.41) is 2.54. The average Bonchev–Trinajstić information content (AvgIpc) is 3.31. The van der Waals surface area contributed by atoms with Crippen molar-refractivity contribution in [3.8, 4) is 39.6 Å². The third-order valence-corrected chi connectivity index (χ3v) is 6.95. The summed E-state index contributed by atoms with van der Waals surface area (Å²) in [6.07, 6.45) is 0. The van der Waals surface area contributed by atoms with Gasteiger partial charge in [-0.15, -0.1) is 0 Å². The zero-order chi connectivity index (χ0) is 25.5. The van der Waals surface area contributed by atoms with Crippen LogP contribution in [0.25, 0.3) is 61.4 Å². The molecule has 7 rings (SSSR count). The molecule has 0 spiro atoms. The number of hydrogen-bond acceptors (Lipinski definition) is 3. The zero-order valence-electron chi connectivity index (χ0n) is 20.3. The van der Waals surface area contributed by atoms with E-state index in [4.69, 9.17) is 16.6 Å². The van der Waals surface area contributed by atoms with E-state index in [9.17, 15) is 0 Å². The fraction of sp³-hybridized carbons (Fsp3) is 0. The Balaban J connectivity index is 1.39. The van der Waals surface area contributed by atoms with Gasteiger partial charge in [0.2, 0.25) is 5.28 Å². The van der Waals surface area contributed by atoms with E-state index in [1.807, 2.05) is 36.4 Å². The SMILES string of the molecule is Clc1nc(-c2cccc(-c3ccccc3)c2)nc(-c2ccc3c4ccccc4n(-c4ccccc4)c3c2)n1. The van der Waals surface area contributed by atoms with Crippen LogP contribution in [0.15, 0.2) is 127 Å². The lowest BCUT2D eigenvalue weighted by Crippen LogP contribution is -1.98. The highest BCUT2D eigenvalue weighted by atomic mass is 35.5. The van der Waals surface area contributed by atoms with Crippen LogP contribution in [0.1, 0.15) is 0 Å². The molecule has 180 valence electrons. The monoisotopic (exact) mass is 508 g/mol. The summed E-state index contributed by atoms with van der Waals surface area (Å²) in [5.41, 5.74) is 7.32. The molecule has 0 aliphatic carbocycles. The molecule has 2 heterocycles. The number of nitrogens with zero attached hydrogens (tertiary/aromatic N) is 4. The van der Waals surface area contributed by atoms with Gasteiger partial charge < -0.3 is 4.57 Å². The number of benzene rings is 5. The second kappa shape index (κ2) is 9.25. The van der Waals surface area contributed by atoms with Crippen molar-refractivity contribution >= 4 is 33.4 Å². The van der Waals surface area contributed by atoms with Gasteiger partial charge in [-0.25, -0.2) is 4.98 Å². The number of para-hydroxylation sites is 2. The van der Waals surface area contributed by atoms with Gasteiger partial charge in [0.15, 0.2) is 11.6 Å². The molecular formula is C33H21ClN4. The smallest absolute Gasteiger partial charge is 0.226 e. The minimum absolute atomic E-state index is 0.166. The molecule has 0 amide bonds. The second-order valence-electron chi connectivity index (χ2n) is 9.12. The Morgan fingerprint density at radius 3 is 1.84 bits per heavy atom. The van der Waals surface area contributed by atoms with Crippen LogP contribution in [0.5, 0.6) is 0 Å². The number of aromatic nitrogens is 4. The average molecular weight is 509 g/mol. The molecule has 5 aromatic carbocycles. The van der Waals surface area contributed by atoms with Gasteiger partial charge >= 0.3 is 0 Å². The second-order valence-corrected chi connectivity index (χ2v) is 9.46. The van der Waals surface area contributed by atoms with Gasteiger partial charge in [0, 0.05) is 27.6 Å². The van der Waals surface area contributed by atoms with Gasteiger partial charge in [-0.3, -0.25) is 0 Å². The molecule has 0 N–H and O–H groups in total. The summed E-state index contributed by atoms with van der Waals surface area (Å²) in [4.78, 5) is 13.8. The van der Waals surface area contributed by atoms with E-state index in [-0.39, 0.29) is 5.28 Å². The standard InChI is InChI=1S/C33H21ClN4/c34-33-36-31(24-13-9-12-23(20-24)22-10-3-1-4-11-22)35-32(37-33)25-18-19-28-27-16-7-8-17-29(27)38(30(28)21-25)26-14-5-2-6-15-26/h1-21H. The van der Waals surface area contributed by atoms with E-state index in [1.54, 1.807) is 0 Å². The summed E-state index contributed by atoms with van der Waals surface area (Å²) in [6, 6.07) is 43.6. The molecule has 0 saturated carbocycles. The topological polar surface area (TPSA) is 43.6 Å². The van der Waals surface area contributed by atoms with E-state index in [0.717, 1.165) is 39.0 Å². The van der Waals surface area contributed by atoms with Crippen molar-refractivity contribution in [1.29, 1.82) is 0 Å². The van der Waals surface area contributed by atoms with Crippen molar-refractivity contribution in [1.82, 2.24) is 19.5 Å². The van der Waals surface area contributed by atoms with Crippen molar-refractivity contribution in [3.05, 3.63) is 133 Å². The molecule has 0 radical (unpaired) electrons. The first-order valence-corrected chi connectivity index (χ1v) is 12.8. The first-order valence-electron chi connectivity index (χ1n) is 12.4. The predicted molar refractivity (Wildman–Crippen MR) is 155 cm³/mol. The Hall–Kier alpha value is -4.80. The molecular weight excluding hydrogens is 488 g/mol. The molecule has 0 aliphatic rings. The van der Waals surface area contributed by atoms with Gasteiger partial charge in [0.25, 0.3) is 0 Å². The van der Waals surface area contributed by atoms with Gasteiger partial charge in [-0.1, -0.05) is 97.1 Å². The van der Waals surface area contributed by atoms with Crippen molar-refractivity contribution < 1.29 is 0 Å². The maximum absolute atomic E-state index is 6.45. The Bertz CT molecular complexity index is 1930. The molecule has 0 saturated heterocycles. The molecule has 0 fully saturated rings. The van der Waals surface area contributed by atoms with Crippen LogP contribution < -0.4 is 0 Å². The van der Waals surface area contributed by atoms with Crippen molar-refractivity contribution in [3.63, 3.8) is 0 Å². The molecule has 4 nitrogen and oxygen atoms in total. The Morgan fingerprint density at radius 1 is 0.447 bits per heavy atom. The molecule has 5 heteroatoms. The molecule has 0 unspecified atom stereocenters. The fourth-order valence-electron chi connectivity index (χ4n) is 5.04. The highest BCUT2D eigenvalue weighted by Gasteiger charge is 2.15. The summed E-state index contributed by atoms with van der Waals surface area (Å²) < 4.78 is 2.28. The van der Waals surface area contributed by atoms with Gasteiger partial charge in [0.05, 0.1) is 11.0 Å². The van der Waals surface area contributed by atoms with Crippen molar-refractivity contribution in [2.45, 2.75) is 0 Å². The highest BCUT2D eigenvalue weighted by molar-refractivity contribution is 6.28. The maximum atomic E-state index is 6.45. The Kier molecular flexibility index (Phi) is 5.46. The number of fused-ring (bicyclic) bond motifs is 3. The first kappa shape index (κ1) is 22.4. The van der Waals surface area contributed by atoms with Gasteiger partial charge in [-0.05, 0) is 53.1 Å². The summed E-state index contributed by atoms with van der Waals surface area (Å²) >= 11 is 6.45. The molecule has 0 bridgehead atoms.